The number of anilines is 1. The Bertz CT molecular complexity index is 1010. The van der Waals surface area contributed by atoms with Crippen molar-refractivity contribution < 1.29 is 10.2 Å². The summed E-state index contributed by atoms with van der Waals surface area (Å²) in [6, 6.07) is 7.40. The molecule has 2 heterocycles. The number of rotatable bonds is 3. The molecule has 1 aromatic carbocycles. The van der Waals surface area contributed by atoms with Crippen LogP contribution in [0.2, 0.25) is 5.28 Å². The highest BCUT2D eigenvalue weighted by molar-refractivity contribution is 9.10. The van der Waals surface area contributed by atoms with Crippen molar-refractivity contribution in [3.63, 3.8) is 0 Å². The number of benzene rings is 1. The van der Waals surface area contributed by atoms with Gasteiger partial charge in [-0.15, -0.1) is 0 Å². The van der Waals surface area contributed by atoms with Gasteiger partial charge in [0.15, 0.2) is 0 Å². The van der Waals surface area contributed by atoms with Crippen molar-refractivity contribution >= 4 is 44.4 Å². The molecule has 27 heavy (non-hydrogen) atoms. The molecule has 142 valence electrons. The molecule has 6 N–H and O–H groups in total. The maximum absolute atomic E-state index is 10.8. The zero-order chi connectivity index (χ0) is 19.3. The van der Waals surface area contributed by atoms with E-state index in [1.54, 1.807) is 6.20 Å². The average Bonchev–Trinajstić information content (AvgIpc) is 3.12. The van der Waals surface area contributed by atoms with E-state index in [-0.39, 0.29) is 23.1 Å². The van der Waals surface area contributed by atoms with Crippen molar-refractivity contribution in [2.45, 2.75) is 37.1 Å². The van der Waals surface area contributed by atoms with Gasteiger partial charge in [0.05, 0.1) is 17.5 Å². The topological polar surface area (TPSA) is 123 Å². The van der Waals surface area contributed by atoms with E-state index in [2.05, 4.69) is 25.9 Å². The van der Waals surface area contributed by atoms with Gasteiger partial charge in [-0.2, -0.15) is 4.98 Å². The summed E-state index contributed by atoms with van der Waals surface area (Å²) in [5.41, 5.74) is 14.2. The minimum Gasteiger partial charge on any atom is -0.390 e. The molecule has 1 aliphatic carbocycles. The second kappa shape index (κ2) is 7.03. The molecule has 0 unspecified atom stereocenters. The van der Waals surface area contributed by atoms with Gasteiger partial charge in [0.2, 0.25) is 5.28 Å². The van der Waals surface area contributed by atoms with E-state index in [1.807, 2.05) is 28.8 Å². The van der Waals surface area contributed by atoms with Gasteiger partial charge in [-0.25, -0.2) is 4.98 Å². The Hall–Kier alpha value is -1.71. The van der Waals surface area contributed by atoms with Crippen LogP contribution in [0.5, 0.6) is 0 Å². The lowest BCUT2D eigenvalue weighted by atomic mass is 9.94. The number of aromatic nitrogens is 3. The third-order valence-electron chi connectivity index (χ3n) is 5.25. The minimum absolute atomic E-state index is 0.0343. The summed E-state index contributed by atoms with van der Waals surface area (Å²) in [7, 11) is 0. The summed E-state index contributed by atoms with van der Waals surface area (Å²) in [6.07, 6.45) is 0.460. The third-order valence-corrected chi connectivity index (χ3v) is 6.02. The van der Waals surface area contributed by atoms with Gasteiger partial charge in [0.1, 0.15) is 17.6 Å². The van der Waals surface area contributed by atoms with Gasteiger partial charge >= 0.3 is 0 Å². The van der Waals surface area contributed by atoms with Crippen LogP contribution in [0.3, 0.4) is 0 Å². The Balaban J connectivity index is 1.76. The molecule has 0 spiro atoms. The molecule has 0 radical (unpaired) electrons. The van der Waals surface area contributed by atoms with Crippen LogP contribution >= 0.6 is 27.5 Å². The highest BCUT2D eigenvalue weighted by Crippen LogP contribution is 2.44. The molecule has 1 aliphatic rings. The summed E-state index contributed by atoms with van der Waals surface area (Å²) >= 11 is 9.45. The van der Waals surface area contributed by atoms with E-state index < -0.39 is 12.2 Å². The Kier molecular flexibility index (Phi) is 4.85. The zero-order valence-corrected chi connectivity index (χ0v) is 16.6. The fourth-order valence-corrected chi connectivity index (χ4v) is 4.69. The second-order valence-electron chi connectivity index (χ2n) is 6.80. The molecule has 2 aromatic heterocycles. The van der Waals surface area contributed by atoms with Crippen molar-refractivity contribution in [2.75, 3.05) is 5.73 Å². The van der Waals surface area contributed by atoms with Crippen LogP contribution < -0.4 is 11.5 Å². The summed E-state index contributed by atoms with van der Waals surface area (Å²) in [4.78, 5) is 8.27. The molecule has 7 nitrogen and oxygen atoms in total. The SMILES string of the molecule is NCc1cccc([C@H]2C[C@@H](n3cc(Br)c4c(N)nc(Cl)nc43)[C@H](O)[C@@H]2O)c1. The number of aliphatic hydroxyl groups is 2. The van der Waals surface area contributed by atoms with Crippen LogP contribution in [0.4, 0.5) is 5.82 Å². The van der Waals surface area contributed by atoms with E-state index in [0.717, 1.165) is 11.1 Å². The lowest BCUT2D eigenvalue weighted by molar-refractivity contribution is 0.0178. The van der Waals surface area contributed by atoms with Crippen molar-refractivity contribution in [1.29, 1.82) is 0 Å². The highest BCUT2D eigenvalue weighted by Gasteiger charge is 2.43. The largest absolute Gasteiger partial charge is 0.390 e. The van der Waals surface area contributed by atoms with Crippen molar-refractivity contribution in [2.24, 2.45) is 5.73 Å². The monoisotopic (exact) mass is 451 g/mol. The van der Waals surface area contributed by atoms with Crippen LogP contribution in [0, 0.1) is 0 Å². The number of nitrogen functional groups attached to an aromatic ring is 1. The highest BCUT2D eigenvalue weighted by atomic mass is 79.9. The molecule has 0 aliphatic heterocycles. The van der Waals surface area contributed by atoms with E-state index in [4.69, 9.17) is 23.1 Å². The van der Waals surface area contributed by atoms with Crippen LogP contribution in [-0.4, -0.2) is 37.0 Å². The molecule has 1 fully saturated rings. The first-order chi connectivity index (χ1) is 12.9. The molecule has 1 saturated carbocycles. The lowest BCUT2D eigenvalue weighted by Gasteiger charge is -2.19. The number of halogens is 2. The molecule has 3 aromatic rings. The van der Waals surface area contributed by atoms with E-state index in [1.165, 1.54) is 0 Å². The number of nitrogens with two attached hydrogens (primary N) is 2. The number of hydrogen-bond acceptors (Lipinski definition) is 6. The zero-order valence-electron chi connectivity index (χ0n) is 14.3. The Morgan fingerprint density at radius 1 is 1.26 bits per heavy atom. The van der Waals surface area contributed by atoms with Gasteiger partial charge in [0.25, 0.3) is 0 Å². The number of nitrogens with zero attached hydrogens (tertiary/aromatic N) is 3. The Morgan fingerprint density at radius 2 is 2.04 bits per heavy atom. The molecule has 4 atom stereocenters. The van der Waals surface area contributed by atoms with Gasteiger partial charge in [-0.3, -0.25) is 0 Å². The predicted octanol–water partition coefficient (Wildman–Crippen LogP) is 2.34. The van der Waals surface area contributed by atoms with Crippen LogP contribution in [0.15, 0.2) is 34.9 Å². The first-order valence-electron chi connectivity index (χ1n) is 8.54. The molecule has 9 heteroatoms. The standard InChI is InChI=1S/C18H19BrClN5O2/c19-11-7-25(17-13(11)16(22)23-18(20)24-17)12-5-10(14(26)15(12)27)9-3-1-2-8(4-9)6-21/h1-4,7,10,12,14-15,26-27H,5-6,21H2,(H2,22,23,24)/t10-,12-,14-,15+/m1/s1. The van der Waals surface area contributed by atoms with E-state index in [9.17, 15) is 10.2 Å². The fourth-order valence-electron chi connectivity index (χ4n) is 3.92. The number of hydrogen-bond donors (Lipinski definition) is 4. The first-order valence-corrected chi connectivity index (χ1v) is 9.72. The van der Waals surface area contributed by atoms with Gasteiger partial charge in [0, 0.05) is 23.1 Å². The molecular formula is C18H19BrClN5O2. The van der Waals surface area contributed by atoms with Crippen LogP contribution in [-0.2, 0) is 6.54 Å². The maximum Gasteiger partial charge on any atom is 0.226 e. The third kappa shape index (κ3) is 3.11. The number of aliphatic hydroxyl groups excluding tert-OH is 2. The van der Waals surface area contributed by atoms with E-state index >= 15 is 0 Å². The fraction of sp³-hybridized carbons (Fsp3) is 0.333. The van der Waals surface area contributed by atoms with Crippen molar-refractivity contribution in [1.82, 2.24) is 14.5 Å². The average molecular weight is 453 g/mol. The summed E-state index contributed by atoms with van der Waals surface area (Å²) in [6.45, 7) is 0.423. The molecule has 0 amide bonds. The normalized spacial score (nSPS) is 25.4. The van der Waals surface area contributed by atoms with E-state index in [0.29, 0.717) is 28.5 Å². The predicted molar refractivity (Wildman–Crippen MR) is 107 cm³/mol. The second-order valence-corrected chi connectivity index (χ2v) is 7.99. The first kappa shape index (κ1) is 18.6. The smallest absolute Gasteiger partial charge is 0.226 e. The molecule has 0 saturated heterocycles. The minimum atomic E-state index is -0.964. The van der Waals surface area contributed by atoms with Gasteiger partial charge in [-0.05, 0) is 45.1 Å². The van der Waals surface area contributed by atoms with Gasteiger partial charge < -0.3 is 26.2 Å². The number of fused-ring (bicyclic) bond motifs is 1. The molecule has 4 rings (SSSR count). The Morgan fingerprint density at radius 3 is 2.78 bits per heavy atom. The quantitative estimate of drug-likeness (QED) is 0.452. The molecule has 0 bridgehead atoms. The summed E-state index contributed by atoms with van der Waals surface area (Å²) in [5, 5.41) is 22.1. The van der Waals surface area contributed by atoms with Crippen molar-refractivity contribution in [3.8, 4) is 0 Å². The van der Waals surface area contributed by atoms with Crippen molar-refractivity contribution in [3.05, 3.63) is 51.3 Å². The summed E-state index contributed by atoms with van der Waals surface area (Å²) < 4.78 is 2.52. The lowest BCUT2D eigenvalue weighted by Crippen LogP contribution is -2.29. The Labute approximate surface area is 169 Å². The van der Waals surface area contributed by atoms with Crippen LogP contribution in [0.1, 0.15) is 29.5 Å². The summed E-state index contributed by atoms with van der Waals surface area (Å²) in [5.74, 6) is 0.0400. The molecular weight excluding hydrogens is 434 g/mol. The van der Waals surface area contributed by atoms with Crippen LogP contribution in [0.25, 0.3) is 11.0 Å². The van der Waals surface area contributed by atoms with Gasteiger partial charge in [-0.1, -0.05) is 24.3 Å². The maximum atomic E-state index is 10.8.